The van der Waals surface area contributed by atoms with Gasteiger partial charge in [-0.15, -0.1) is 0 Å². The van der Waals surface area contributed by atoms with Crippen LogP contribution in [0.15, 0.2) is 30.3 Å². The normalized spacial score (nSPS) is 13.9. The molecule has 0 aliphatic heterocycles. The molecule has 0 bridgehead atoms. The molecule has 4 nitrogen and oxygen atoms in total. The van der Waals surface area contributed by atoms with Gasteiger partial charge in [-0.25, -0.2) is 0 Å². The SMILES string of the molecule is COC(c1ccccc1)C(O)(OC)OC. The summed E-state index contributed by atoms with van der Waals surface area (Å²) >= 11 is 0. The van der Waals surface area contributed by atoms with Crippen LogP contribution in [0.2, 0.25) is 0 Å². The number of hydrogen-bond donors (Lipinski definition) is 1. The second-order valence-corrected chi connectivity index (χ2v) is 3.07. The van der Waals surface area contributed by atoms with Gasteiger partial charge in [-0.3, -0.25) is 0 Å². The largest absolute Gasteiger partial charge is 0.368 e. The highest BCUT2D eigenvalue weighted by Gasteiger charge is 2.39. The summed E-state index contributed by atoms with van der Waals surface area (Å²) in [5.74, 6) is -1.77. The van der Waals surface area contributed by atoms with E-state index in [9.17, 15) is 5.11 Å². The summed E-state index contributed by atoms with van der Waals surface area (Å²) in [5, 5.41) is 9.97. The van der Waals surface area contributed by atoms with Crippen LogP contribution in [0.3, 0.4) is 0 Å². The molecule has 1 unspecified atom stereocenters. The van der Waals surface area contributed by atoms with Crippen LogP contribution in [0.25, 0.3) is 0 Å². The van der Waals surface area contributed by atoms with Gasteiger partial charge in [0.25, 0.3) is 0 Å². The van der Waals surface area contributed by atoms with E-state index in [2.05, 4.69) is 0 Å². The maximum Gasteiger partial charge on any atom is 0.312 e. The lowest BCUT2D eigenvalue weighted by atomic mass is 10.1. The van der Waals surface area contributed by atoms with Crippen molar-refractivity contribution in [2.45, 2.75) is 12.1 Å². The molecule has 0 saturated heterocycles. The van der Waals surface area contributed by atoms with E-state index >= 15 is 0 Å². The summed E-state index contributed by atoms with van der Waals surface area (Å²) < 4.78 is 15.0. The molecule has 4 heteroatoms. The van der Waals surface area contributed by atoms with Crippen molar-refractivity contribution in [1.82, 2.24) is 0 Å². The van der Waals surface area contributed by atoms with Crippen LogP contribution in [-0.2, 0) is 14.2 Å². The van der Waals surface area contributed by atoms with E-state index in [1.165, 1.54) is 21.3 Å². The van der Waals surface area contributed by atoms with Gasteiger partial charge in [0.2, 0.25) is 0 Å². The molecule has 0 spiro atoms. The molecule has 1 atom stereocenters. The molecule has 0 saturated carbocycles. The molecule has 84 valence electrons. The third kappa shape index (κ3) is 2.54. The van der Waals surface area contributed by atoms with Gasteiger partial charge in [-0.05, 0) is 5.56 Å². The van der Waals surface area contributed by atoms with Crippen LogP contribution in [0.4, 0.5) is 0 Å². The van der Waals surface area contributed by atoms with Gasteiger partial charge in [0.05, 0.1) is 0 Å². The Morgan fingerprint density at radius 3 is 2.00 bits per heavy atom. The summed E-state index contributed by atoms with van der Waals surface area (Å²) in [7, 11) is 4.21. The Balaban J connectivity index is 2.98. The van der Waals surface area contributed by atoms with E-state index in [0.717, 1.165) is 5.56 Å². The van der Waals surface area contributed by atoms with E-state index in [0.29, 0.717) is 0 Å². The molecule has 0 aliphatic rings. The maximum absolute atomic E-state index is 9.97. The van der Waals surface area contributed by atoms with Gasteiger partial charge in [0, 0.05) is 21.3 Å². The zero-order valence-corrected chi connectivity index (χ0v) is 9.14. The van der Waals surface area contributed by atoms with Crippen LogP contribution in [0.1, 0.15) is 11.7 Å². The molecule has 0 heterocycles. The average Bonchev–Trinajstić information content (AvgIpc) is 2.31. The van der Waals surface area contributed by atoms with Crippen molar-refractivity contribution >= 4 is 0 Å². The van der Waals surface area contributed by atoms with Gasteiger partial charge in [-0.2, -0.15) is 0 Å². The van der Waals surface area contributed by atoms with Crippen LogP contribution < -0.4 is 0 Å². The minimum absolute atomic E-state index is 0.686. The molecule has 0 aliphatic carbocycles. The monoisotopic (exact) mass is 212 g/mol. The van der Waals surface area contributed by atoms with Crippen molar-refractivity contribution in [3.8, 4) is 0 Å². The zero-order chi connectivity index (χ0) is 11.3. The Bertz CT molecular complexity index is 282. The lowest BCUT2D eigenvalue weighted by Gasteiger charge is -2.31. The van der Waals surface area contributed by atoms with E-state index in [1.54, 1.807) is 0 Å². The van der Waals surface area contributed by atoms with Gasteiger partial charge in [0.15, 0.2) is 6.10 Å². The van der Waals surface area contributed by atoms with Gasteiger partial charge in [0.1, 0.15) is 0 Å². The Labute approximate surface area is 89.4 Å². The van der Waals surface area contributed by atoms with E-state index in [1.807, 2.05) is 30.3 Å². The fourth-order valence-electron chi connectivity index (χ4n) is 1.42. The van der Waals surface area contributed by atoms with E-state index < -0.39 is 12.1 Å². The van der Waals surface area contributed by atoms with Crippen LogP contribution in [-0.4, -0.2) is 32.4 Å². The van der Waals surface area contributed by atoms with Crippen LogP contribution >= 0.6 is 0 Å². The average molecular weight is 212 g/mol. The van der Waals surface area contributed by atoms with E-state index in [4.69, 9.17) is 14.2 Å². The zero-order valence-electron chi connectivity index (χ0n) is 9.14. The van der Waals surface area contributed by atoms with Crippen LogP contribution in [0.5, 0.6) is 0 Å². The van der Waals surface area contributed by atoms with Crippen molar-refractivity contribution in [3.05, 3.63) is 35.9 Å². The summed E-state index contributed by atoms with van der Waals surface area (Å²) in [6.45, 7) is 0. The van der Waals surface area contributed by atoms with Crippen molar-refractivity contribution in [2.24, 2.45) is 0 Å². The first-order chi connectivity index (χ1) is 7.18. The summed E-state index contributed by atoms with van der Waals surface area (Å²) in [5.41, 5.74) is 0.784. The lowest BCUT2D eigenvalue weighted by molar-refractivity contribution is -0.384. The second kappa shape index (κ2) is 5.23. The quantitative estimate of drug-likeness (QED) is 0.748. The number of aliphatic hydroxyl groups is 1. The minimum atomic E-state index is -1.77. The molecule has 0 amide bonds. The topological polar surface area (TPSA) is 47.9 Å². The van der Waals surface area contributed by atoms with Crippen molar-refractivity contribution in [3.63, 3.8) is 0 Å². The van der Waals surface area contributed by atoms with Crippen LogP contribution in [0, 0.1) is 0 Å². The molecule has 1 N–H and O–H groups in total. The first-order valence-electron chi connectivity index (χ1n) is 4.58. The number of methoxy groups -OCH3 is 3. The third-order valence-electron chi connectivity index (χ3n) is 2.25. The standard InChI is InChI=1S/C11H16O4/c1-13-10(11(12,14-2)15-3)9-7-5-4-6-8-9/h4-8,10,12H,1-3H3. The number of hydrogen-bond acceptors (Lipinski definition) is 4. The molecule has 0 radical (unpaired) electrons. The highest BCUT2D eigenvalue weighted by Crippen LogP contribution is 2.30. The first-order valence-corrected chi connectivity index (χ1v) is 4.58. The lowest BCUT2D eigenvalue weighted by Crippen LogP contribution is -2.41. The molecule has 15 heavy (non-hydrogen) atoms. The molecule has 1 rings (SSSR count). The highest BCUT2D eigenvalue weighted by molar-refractivity contribution is 5.18. The van der Waals surface area contributed by atoms with Crippen molar-refractivity contribution in [2.75, 3.05) is 21.3 Å². The predicted molar refractivity (Wildman–Crippen MR) is 55.2 cm³/mol. The van der Waals surface area contributed by atoms with Crippen molar-refractivity contribution < 1.29 is 19.3 Å². The van der Waals surface area contributed by atoms with Gasteiger partial charge < -0.3 is 19.3 Å². The Hall–Kier alpha value is -0.940. The third-order valence-corrected chi connectivity index (χ3v) is 2.25. The fourth-order valence-corrected chi connectivity index (χ4v) is 1.42. The van der Waals surface area contributed by atoms with E-state index in [-0.39, 0.29) is 0 Å². The maximum atomic E-state index is 9.97. The number of benzene rings is 1. The minimum Gasteiger partial charge on any atom is -0.368 e. The molecular weight excluding hydrogens is 196 g/mol. The van der Waals surface area contributed by atoms with Gasteiger partial charge >= 0.3 is 5.97 Å². The first kappa shape index (κ1) is 12.1. The molecular formula is C11H16O4. The highest BCUT2D eigenvalue weighted by atomic mass is 16.8. The number of ether oxygens (including phenoxy) is 3. The molecule has 0 aromatic heterocycles. The van der Waals surface area contributed by atoms with Crippen molar-refractivity contribution in [1.29, 1.82) is 0 Å². The molecule has 0 fully saturated rings. The predicted octanol–water partition coefficient (Wildman–Crippen LogP) is 1.31. The molecule has 1 aromatic carbocycles. The number of rotatable bonds is 5. The second-order valence-electron chi connectivity index (χ2n) is 3.07. The Morgan fingerprint density at radius 2 is 1.60 bits per heavy atom. The summed E-state index contributed by atoms with van der Waals surface area (Å²) in [4.78, 5) is 0. The Morgan fingerprint density at radius 1 is 1.07 bits per heavy atom. The summed E-state index contributed by atoms with van der Waals surface area (Å²) in [6, 6.07) is 9.25. The molecule has 1 aromatic rings. The smallest absolute Gasteiger partial charge is 0.312 e. The van der Waals surface area contributed by atoms with Gasteiger partial charge in [-0.1, -0.05) is 30.3 Å². The summed E-state index contributed by atoms with van der Waals surface area (Å²) in [6.07, 6.45) is -0.686. The Kier molecular flexibility index (Phi) is 4.23. The fraction of sp³-hybridized carbons (Fsp3) is 0.455.